The van der Waals surface area contributed by atoms with Crippen molar-refractivity contribution in [2.45, 2.75) is 44.4 Å². The zero-order valence-electron chi connectivity index (χ0n) is 15.2. The van der Waals surface area contributed by atoms with E-state index >= 15 is 0 Å². The van der Waals surface area contributed by atoms with Crippen LogP contribution in [0.15, 0.2) is 18.2 Å². The molecule has 2 heterocycles. The Kier molecular flexibility index (Phi) is 5.23. The zero-order valence-corrected chi connectivity index (χ0v) is 16.0. The second kappa shape index (κ2) is 7.43. The second-order valence-corrected chi connectivity index (χ2v) is 8.20. The van der Waals surface area contributed by atoms with Crippen molar-refractivity contribution >= 4 is 17.3 Å². The van der Waals surface area contributed by atoms with Gasteiger partial charge in [-0.1, -0.05) is 17.7 Å². The van der Waals surface area contributed by atoms with Crippen LogP contribution in [0.3, 0.4) is 0 Å². The Labute approximate surface area is 155 Å². The number of hydrogen-bond acceptors (Lipinski definition) is 4. The normalized spacial score (nSPS) is 32.5. The standard InChI is InChI=1S/C20H29ClN2O2/c1-13-3-4-15(11-18(13)21)23-8-5-14(6-9-23)22-19-16-7-10-25-20(16)17(19)12-24-2/h3-4,11,14,16-17,19-20,22H,5-10,12H2,1-2H3/t16-,17+,19+,20-/m0/s1. The highest BCUT2D eigenvalue weighted by atomic mass is 35.5. The van der Waals surface area contributed by atoms with Gasteiger partial charge in [0.1, 0.15) is 0 Å². The SMILES string of the molecule is COC[C@@H]1[C@H](NC2CCN(c3ccc(C)c(Cl)c3)CC2)[C@@H]2CCO[C@H]12. The van der Waals surface area contributed by atoms with E-state index in [1.807, 2.05) is 0 Å². The van der Waals surface area contributed by atoms with E-state index in [2.05, 4.69) is 35.3 Å². The van der Waals surface area contributed by atoms with Gasteiger partial charge in [0.2, 0.25) is 0 Å². The van der Waals surface area contributed by atoms with Crippen LogP contribution in [0.2, 0.25) is 5.02 Å². The Morgan fingerprint density at radius 3 is 2.80 bits per heavy atom. The van der Waals surface area contributed by atoms with Crippen LogP contribution in [0.4, 0.5) is 5.69 Å². The molecule has 0 unspecified atom stereocenters. The van der Waals surface area contributed by atoms with Crippen molar-refractivity contribution in [1.82, 2.24) is 5.32 Å². The van der Waals surface area contributed by atoms with E-state index in [0.29, 0.717) is 30.0 Å². The molecule has 138 valence electrons. The highest BCUT2D eigenvalue weighted by molar-refractivity contribution is 6.31. The van der Waals surface area contributed by atoms with Gasteiger partial charge in [0.25, 0.3) is 0 Å². The molecule has 5 heteroatoms. The second-order valence-electron chi connectivity index (χ2n) is 7.79. The first-order chi connectivity index (χ1) is 12.2. The highest BCUT2D eigenvalue weighted by Crippen LogP contribution is 2.44. The quantitative estimate of drug-likeness (QED) is 0.869. The number of nitrogens with zero attached hydrogens (tertiary/aromatic N) is 1. The largest absolute Gasteiger partial charge is 0.384 e. The lowest BCUT2D eigenvalue weighted by atomic mass is 9.66. The molecule has 1 aromatic carbocycles. The third-order valence-electron chi connectivity index (χ3n) is 6.33. The first kappa shape index (κ1) is 17.6. The van der Waals surface area contributed by atoms with Crippen LogP contribution in [0.5, 0.6) is 0 Å². The van der Waals surface area contributed by atoms with Gasteiger partial charge in [-0.15, -0.1) is 0 Å². The average Bonchev–Trinajstić information content (AvgIpc) is 3.05. The van der Waals surface area contributed by atoms with E-state index in [9.17, 15) is 0 Å². The Morgan fingerprint density at radius 2 is 2.08 bits per heavy atom. The smallest absolute Gasteiger partial charge is 0.0684 e. The molecular weight excluding hydrogens is 336 g/mol. The third kappa shape index (κ3) is 3.42. The summed E-state index contributed by atoms with van der Waals surface area (Å²) in [4.78, 5) is 2.46. The fourth-order valence-corrected chi connectivity index (χ4v) is 5.00. The fraction of sp³-hybridized carbons (Fsp3) is 0.700. The number of fused-ring (bicyclic) bond motifs is 1. The summed E-state index contributed by atoms with van der Waals surface area (Å²) in [6, 6.07) is 7.58. The molecule has 2 aliphatic heterocycles. The van der Waals surface area contributed by atoms with Crippen LogP contribution < -0.4 is 10.2 Å². The number of halogens is 1. The molecule has 1 saturated carbocycles. The molecule has 0 radical (unpaired) electrons. The summed E-state index contributed by atoms with van der Waals surface area (Å²) in [5, 5.41) is 4.80. The van der Waals surface area contributed by atoms with Gasteiger partial charge < -0.3 is 19.7 Å². The number of nitrogens with one attached hydrogen (secondary N) is 1. The number of rotatable bonds is 5. The number of anilines is 1. The Balaban J connectivity index is 1.32. The van der Waals surface area contributed by atoms with Crippen molar-refractivity contribution in [1.29, 1.82) is 0 Å². The molecule has 0 amide bonds. The Bertz CT molecular complexity index is 603. The van der Waals surface area contributed by atoms with Crippen molar-refractivity contribution in [3.05, 3.63) is 28.8 Å². The maximum absolute atomic E-state index is 6.29. The molecule has 4 nitrogen and oxygen atoms in total. The molecule has 1 aliphatic carbocycles. The van der Waals surface area contributed by atoms with Gasteiger partial charge in [-0.2, -0.15) is 0 Å². The summed E-state index contributed by atoms with van der Waals surface area (Å²) in [5.74, 6) is 1.21. The fourth-order valence-electron chi connectivity index (χ4n) is 4.82. The van der Waals surface area contributed by atoms with Crippen LogP contribution in [0, 0.1) is 18.8 Å². The number of ether oxygens (including phenoxy) is 2. The van der Waals surface area contributed by atoms with Gasteiger partial charge >= 0.3 is 0 Å². The van der Waals surface area contributed by atoms with Gasteiger partial charge in [-0.25, -0.2) is 0 Å². The van der Waals surface area contributed by atoms with E-state index in [4.69, 9.17) is 21.1 Å². The minimum absolute atomic E-state index is 0.423. The molecule has 3 aliphatic rings. The molecule has 0 spiro atoms. The minimum atomic E-state index is 0.423. The number of benzene rings is 1. The van der Waals surface area contributed by atoms with Crippen LogP contribution >= 0.6 is 11.6 Å². The van der Waals surface area contributed by atoms with Crippen molar-refractivity contribution in [3.8, 4) is 0 Å². The van der Waals surface area contributed by atoms with Gasteiger partial charge in [0.15, 0.2) is 0 Å². The highest BCUT2D eigenvalue weighted by Gasteiger charge is 2.54. The Hall–Kier alpha value is -0.810. The lowest BCUT2D eigenvalue weighted by molar-refractivity contribution is -0.0873. The van der Waals surface area contributed by atoms with Crippen LogP contribution in [0.1, 0.15) is 24.8 Å². The first-order valence-corrected chi connectivity index (χ1v) is 9.93. The molecular formula is C20H29ClN2O2. The lowest BCUT2D eigenvalue weighted by Gasteiger charge is -2.50. The Morgan fingerprint density at radius 1 is 1.28 bits per heavy atom. The van der Waals surface area contributed by atoms with Crippen molar-refractivity contribution in [2.75, 3.05) is 38.3 Å². The predicted molar refractivity (Wildman–Crippen MR) is 102 cm³/mol. The summed E-state index contributed by atoms with van der Waals surface area (Å²) in [5.41, 5.74) is 2.39. The molecule has 1 aromatic rings. The maximum atomic E-state index is 6.29. The van der Waals surface area contributed by atoms with Crippen molar-refractivity contribution < 1.29 is 9.47 Å². The van der Waals surface area contributed by atoms with E-state index < -0.39 is 0 Å². The lowest BCUT2D eigenvalue weighted by Crippen LogP contribution is -2.64. The monoisotopic (exact) mass is 364 g/mol. The van der Waals surface area contributed by atoms with Gasteiger partial charge in [0, 0.05) is 61.4 Å². The van der Waals surface area contributed by atoms with Crippen LogP contribution in [0.25, 0.3) is 0 Å². The topological polar surface area (TPSA) is 33.7 Å². The number of methoxy groups -OCH3 is 1. The molecule has 1 N–H and O–H groups in total. The van der Waals surface area contributed by atoms with Crippen LogP contribution in [-0.4, -0.2) is 51.6 Å². The molecule has 0 bridgehead atoms. The summed E-state index contributed by atoms with van der Waals surface area (Å²) >= 11 is 6.29. The van der Waals surface area contributed by atoms with E-state index in [0.717, 1.165) is 36.9 Å². The minimum Gasteiger partial charge on any atom is -0.384 e. The van der Waals surface area contributed by atoms with E-state index in [1.165, 1.54) is 24.9 Å². The summed E-state index contributed by atoms with van der Waals surface area (Å²) in [6.45, 7) is 5.95. The number of piperidine rings is 1. The van der Waals surface area contributed by atoms with Crippen molar-refractivity contribution in [3.63, 3.8) is 0 Å². The van der Waals surface area contributed by atoms with Gasteiger partial charge in [-0.3, -0.25) is 0 Å². The summed E-state index contributed by atoms with van der Waals surface area (Å²) < 4.78 is 11.3. The molecule has 3 fully saturated rings. The van der Waals surface area contributed by atoms with Crippen LogP contribution in [-0.2, 0) is 9.47 Å². The number of aryl methyl sites for hydroxylation is 1. The molecule has 4 rings (SSSR count). The third-order valence-corrected chi connectivity index (χ3v) is 6.74. The summed E-state index contributed by atoms with van der Waals surface area (Å²) in [6.07, 6.45) is 3.98. The molecule has 0 aromatic heterocycles. The zero-order chi connectivity index (χ0) is 17.4. The van der Waals surface area contributed by atoms with Crippen molar-refractivity contribution in [2.24, 2.45) is 11.8 Å². The predicted octanol–water partition coefficient (Wildman–Crippen LogP) is 3.26. The van der Waals surface area contributed by atoms with E-state index in [1.54, 1.807) is 7.11 Å². The van der Waals surface area contributed by atoms with Gasteiger partial charge in [-0.05, 0) is 43.9 Å². The van der Waals surface area contributed by atoms with E-state index in [-0.39, 0.29) is 0 Å². The number of hydrogen-bond donors (Lipinski definition) is 1. The average molecular weight is 365 g/mol. The summed E-state index contributed by atoms with van der Waals surface area (Å²) in [7, 11) is 1.80. The maximum Gasteiger partial charge on any atom is 0.0684 e. The molecule has 4 atom stereocenters. The molecule has 25 heavy (non-hydrogen) atoms. The molecule has 2 saturated heterocycles. The first-order valence-electron chi connectivity index (χ1n) is 9.55. The van der Waals surface area contributed by atoms with Gasteiger partial charge in [0.05, 0.1) is 12.7 Å².